The number of aliphatic imine (C=N–C) groups is 1. The predicted octanol–water partition coefficient (Wildman–Crippen LogP) is 10.5. The molecule has 2 heterocycles. The first-order valence-electron chi connectivity index (χ1n) is 15.9. The molecule has 5 aromatic carbocycles. The minimum absolute atomic E-state index is 0.336. The lowest BCUT2D eigenvalue weighted by Crippen LogP contribution is -2.36. The van der Waals surface area contributed by atoms with Crippen molar-refractivity contribution in [2.45, 2.75) is 24.7 Å². The number of allylic oxidation sites excluding steroid dienone is 5. The highest BCUT2D eigenvalue weighted by molar-refractivity contribution is 6.09. The molecular weight excluding hydrogens is 546 g/mol. The quantitative estimate of drug-likeness (QED) is 0.202. The first kappa shape index (κ1) is 27.3. The minimum Gasteiger partial charge on any atom is -0.457 e. The van der Waals surface area contributed by atoms with Crippen LogP contribution in [0.25, 0.3) is 11.1 Å². The molecule has 0 N–H and O–H groups in total. The molecule has 2 unspecified atom stereocenters. The van der Waals surface area contributed by atoms with Gasteiger partial charge in [-0.25, -0.2) is 0 Å². The summed E-state index contributed by atoms with van der Waals surface area (Å²) in [5.74, 6) is 2.64. The molecule has 5 aromatic rings. The Hall–Kier alpha value is -5.21. The summed E-state index contributed by atoms with van der Waals surface area (Å²) in [4.78, 5) is 4.95. The molecule has 0 spiro atoms. The van der Waals surface area contributed by atoms with E-state index in [9.17, 15) is 0 Å². The molecule has 0 amide bonds. The SMILES string of the molecule is CC1C=CC=C(C2(c3cccc(-c4ccc(C5=NCC(c6ccccc6)C=C5)cc4)c3)c3ccccc3Oc3ccccc32)C1. The van der Waals surface area contributed by atoms with E-state index in [-0.39, 0.29) is 0 Å². The Bertz CT molecular complexity index is 1950. The lowest BCUT2D eigenvalue weighted by atomic mass is 9.61. The van der Waals surface area contributed by atoms with E-state index in [0.29, 0.717) is 11.8 Å². The molecule has 3 aliphatic rings. The molecule has 2 aliphatic heterocycles. The first-order chi connectivity index (χ1) is 22.2. The number of ether oxygens (including phenoxy) is 1. The van der Waals surface area contributed by atoms with E-state index in [4.69, 9.17) is 9.73 Å². The highest BCUT2D eigenvalue weighted by atomic mass is 16.5. The molecule has 2 nitrogen and oxygen atoms in total. The summed E-state index contributed by atoms with van der Waals surface area (Å²) in [6.07, 6.45) is 12.3. The minimum atomic E-state index is -0.461. The number of dihydropyridines is 1. The van der Waals surface area contributed by atoms with E-state index >= 15 is 0 Å². The molecule has 0 radical (unpaired) electrons. The topological polar surface area (TPSA) is 21.6 Å². The van der Waals surface area contributed by atoms with Crippen LogP contribution in [0.2, 0.25) is 0 Å². The smallest absolute Gasteiger partial charge is 0.132 e. The van der Waals surface area contributed by atoms with Crippen LogP contribution in [0.15, 0.2) is 168 Å². The van der Waals surface area contributed by atoms with Gasteiger partial charge in [-0.3, -0.25) is 4.99 Å². The maximum absolute atomic E-state index is 6.53. The van der Waals surface area contributed by atoms with Gasteiger partial charge >= 0.3 is 0 Å². The number of nitrogens with zero attached hydrogens (tertiary/aromatic N) is 1. The summed E-state index contributed by atoms with van der Waals surface area (Å²) < 4.78 is 6.53. The van der Waals surface area contributed by atoms with Crippen LogP contribution in [0.5, 0.6) is 11.5 Å². The third kappa shape index (κ3) is 4.78. The highest BCUT2D eigenvalue weighted by Crippen LogP contribution is 2.57. The van der Waals surface area contributed by atoms with Gasteiger partial charge in [-0.1, -0.05) is 146 Å². The third-order valence-electron chi connectivity index (χ3n) is 9.54. The number of benzene rings is 5. The van der Waals surface area contributed by atoms with Gasteiger partial charge in [0, 0.05) is 23.6 Å². The fourth-order valence-corrected chi connectivity index (χ4v) is 7.35. The molecule has 2 atom stereocenters. The lowest BCUT2D eigenvalue weighted by molar-refractivity contribution is 0.427. The summed E-state index contributed by atoms with van der Waals surface area (Å²) in [6, 6.07) is 45.8. The largest absolute Gasteiger partial charge is 0.457 e. The van der Waals surface area contributed by atoms with Crippen LogP contribution in [-0.2, 0) is 5.41 Å². The Morgan fingerprint density at radius 1 is 0.667 bits per heavy atom. The average Bonchev–Trinajstić information content (AvgIpc) is 3.11. The summed E-state index contributed by atoms with van der Waals surface area (Å²) in [7, 11) is 0. The number of fused-ring (bicyclic) bond motifs is 2. The molecule has 0 aromatic heterocycles. The average molecular weight is 582 g/mol. The second-order valence-electron chi connectivity index (χ2n) is 12.4. The van der Waals surface area contributed by atoms with Gasteiger partial charge in [-0.15, -0.1) is 0 Å². The normalized spacial score (nSPS) is 19.5. The van der Waals surface area contributed by atoms with E-state index in [2.05, 4.69) is 165 Å². The molecule has 45 heavy (non-hydrogen) atoms. The summed E-state index contributed by atoms with van der Waals surface area (Å²) in [5, 5.41) is 0. The second-order valence-corrected chi connectivity index (χ2v) is 12.4. The fourth-order valence-electron chi connectivity index (χ4n) is 7.35. The zero-order valence-corrected chi connectivity index (χ0v) is 25.4. The van der Waals surface area contributed by atoms with E-state index in [1.54, 1.807) is 0 Å². The van der Waals surface area contributed by atoms with Crippen molar-refractivity contribution in [1.29, 1.82) is 0 Å². The molecule has 0 saturated heterocycles. The Balaban J connectivity index is 1.19. The van der Waals surface area contributed by atoms with Gasteiger partial charge in [0.15, 0.2) is 0 Å². The van der Waals surface area contributed by atoms with Gasteiger partial charge in [0.05, 0.1) is 11.1 Å². The van der Waals surface area contributed by atoms with Crippen LogP contribution in [0.3, 0.4) is 0 Å². The van der Waals surface area contributed by atoms with Crippen molar-refractivity contribution >= 4 is 5.71 Å². The van der Waals surface area contributed by atoms with Crippen LogP contribution in [0.4, 0.5) is 0 Å². The van der Waals surface area contributed by atoms with Gasteiger partial charge in [-0.05, 0) is 64.4 Å². The molecule has 2 heteroatoms. The third-order valence-corrected chi connectivity index (χ3v) is 9.54. The Kier molecular flexibility index (Phi) is 6.91. The maximum atomic E-state index is 6.53. The van der Waals surface area contributed by atoms with Crippen molar-refractivity contribution in [2.24, 2.45) is 10.9 Å². The predicted molar refractivity (Wildman–Crippen MR) is 185 cm³/mol. The number of hydrogen-bond donors (Lipinski definition) is 0. The molecule has 0 fully saturated rings. The van der Waals surface area contributed by atoms with E-state index < -0.39 is 5.41 Å². The van der Waals surface area contributed by atoms with E-state index in [1.807, 2.05) is 0 Å². The van der Waals surface area contributed by atoms with Crippen molar-refractivity contribution in [3.63, 3.8) is 0 Å². The summed E-state index contributed by atoms with van der Waals surface area (Å²) in [6.45, 7) is 3.08. The zero-order chi connectivity index (χ0) is 30.2. The van der Waals surface area contributed by atoms with Crippen molar-refractivity contribution < 1.29 is 4.74 Å². The van der Waals surface area contributed by atoms with Gasteiger partial charge in [0.1, 0.15) is 11.5 Å². The van der Waals surface area contributed by atoms with Gasteiger partial charge in [0.2, 0.25) is 0 Å². The van der Waals surface area contributed by atoms with Crippen molar-refractivity contribution in [3.05, 3.63) is 191 Å². The number of para-hydroxylation sites is 2. The maximum Gasteiger partial charge on any atom is 0.132 e. The van der Waals surface area contributed by atoms with Crippen LogP contribution in [-0.4, -0.2) is 12.3 Å². The molecular formula is C43H35NO. The van der Waals surface area contributed by atoms with Crippen LogP contribution >= 0.6 is 0 Å². The van der Waals surface area contributed by atoms with Crippen LogP contribution in [0.1, 0.15) is 47.1 Å². The standard InChI is InChI=1S/C43H35NO/c1-30-11-9-15-36(27-30)43(38-17-5-7-19-41(38)45-42-20-8-6-18-39(42)43)37-16-10-14-34(28-37)32-21-23-33(24-22-32)40-26-25-35(29-44-40)31-12-3-2-4-13-31/h2-26,28,30,35H,27,29H2,1H3. The Morgan fingerprint density at radius 2 is 1.36 bits per heavy atom. The Labute approximate surface area is 265 Å². The highest BCUT2D eigenvalue weighted by Gasteiger charge is 2.46. The Morgan fingerprint density at radius 3 is 2.04 bits per heavy atom. The van der Waals surface area contributed by atoms with Crippen molar-refractivity contribution in [2.75, 3.05) is 6.54 Å². The summed E-state index contributed by atoms with van der Waals surface area (Å²) in [5.41, 5.74) is 10.5. The van der Waals surface area contributed by atoms with E-state index in [1.165, 1.54) is 39.0 Å². The lowest BCUT2D eigenvalue weighted by Gasteiger charge is -2.44. The molecule has 8 rings (SSSR count). The molecule has 1 aliphatic carbocycles. The summed E-state index contributed by atoms with van der Waals surface area (Å²) >= 11 is 0. The van der Waals surface area contributed by atoms with Crippen molar-refractivity contribution in [1.82, 2.24) is 0 Å². The monoisotopic (exact) mass is 581 g/mol. The molecule has 0 saturated carbocycles. The van der Waals surface area contributed by atoms with Gasteiger partial charge in [0.25, 0.3) is 0 Å². The van der Waals surface area contributed by atoms with Gasteiger partial charge in [-0.2, -0.15) is 0 Å². The van der Waals surface area contributed by atoms with Crippen LogP contribution in [0, 0.1) is 5.92 Å². The van der Waals surface area contributed by atoms with E-state index in [0.717, 1.165) is 35.7 Å². The number of rotatable bonds is 5. The molecule has 218 valence electrons. The fraction of sp³-hybridized carbons (Fsp3) is 0.140. The van der Waals surface area contributed by atoms with Crippen LogP contribution < -0.4 is 4.74 Å². The van der Waals surface area contributed by atoms with Crippen molar-refractivity contribution in [3.8, 4) is 22.6 Å². The van der Waals surface area contributed by atoms with Gasteiger partial charge < -0.3 is 4.74 Å². The zero-order valence-electron chi connectivity index (χ0n) is 25.4. The molecule has 0 bridgehead atoms. The number of hydrogen-bond acceptors (Lipinski definition) is 2. The first-order valence-corrected chi connectivity index (χ1v) is 15.9. The second kappa shape index (κ2) is 11.4.